The Bertz CT molecular complexity index is 214. The van der Waals surface area contributed by atoms with Gasteiger partial charge in [0.05, 0.1) is 0 Å². The average molecular weight is 264 g/mol. The van der Waals surface area contributed by atoms with Gasteiger partial charge in [-0.2, -0.15) is 0 Å². The maximum absolute atomic E-state index is 2.32. The standard InChI is InChI=1S/C19H36/c1-2-3-4-5-7-12-18-15-10-11-16-19(18)17-13-8-6-9-14-17/h17-19H,2-16H2,1H3. The minimum atomic E-state index is 1.11. The summed E-state index contributed by atoms with van der Waals surface area (Å²) in [6, 6.07) is 0. The molecule has 0 bridgehead atoms. The van der Waals surface area contributed by atoms with E-state index >= 15 is 0 Å². The van der Waals surface area contributed by atoms with E-state index in [1.807, 2.05) is 0 Å². The topological polar surface area (TPSA) is 0 Å². The lowest BCUT2D eigenvalue weighted by Crippen LogP contribution is -2.28. The van der Waals surface area contributed by atoms with E-state index in [1.54, 1.807) is 32.1 Å². The Kier molecular flexibility index (Phi) is 7.32. The summed E-state index contributed by atoms with van der Waals surface area (Å²) >= 11 is 0. The fraction of sp³-hybridized carbons (Fsp3) is 1.00. The van der Waals surface area contributed by atoms with Gasteiger partial charge in [-0.1, -0.05) is 96.8 Å². The molecule has 0 aromatic heterocycles. The van der Waals surface area contributed by atoms with Crippen molar-refractivity contribution in [3.05, 3.63) is 0 Å². The van der Waals surface area contributed by atoms with Gasteiger partial charge in [0.25, 0.3) is 0 Å². The van der Waals surface area contributed by atoms with Crippen molar-refractivity contribution in [3.8, 4) is 0 Å². The predicted molar refractivity (Wildman–Crippen MR) is 85.4 cm³/mol. The minimum Gasteiger partial charge on any atom is -0.0654 e. The lowest BCUT2D eigenvalue weighted by molar-refractivity contribution is 0.120. The van der Waals surface area contributed by atoms with E-state index in [1.165, 1.54) is 64.2 Å². The summed E-state index contributed by atoms with van der Waals surface area (Å²) in [5.74, 6) is 3.35. The molecule has 0 saturated heterocycles. The van der Waals surface area contributed by atoms with Crippen molar-refractivity contribution < 1.29 is 0 Å². The van der Waals surface area contributed by atoms with Crippen LogP contribution in [0.3, 0.4) is 0 Å². The molecule has 2 unspecified atom stereocenters. The van der Waals surface area contributed by atoms with Crippen molar-refractivity contribution in [1.29, 1.82) is 0 Å². The summed E-state index contributed by atoms with van der Waals surface area (Å²) in [6.07, 6.45) is 22.8. The zero-order valence-electron chi connectivity index (χ0n) is 13.3. The third-order valence-electron chi connectivity index (χ3n) is 5.90. The monoisotopic (exact) mass is 264 g/mol. The Labute approximate surface area is 121 Å². The first kappa shape index (κ1) is 15.4. The van der Waals surface area contributed by atoms with Gasteiger partial charge in [-0.05, 0) is 24.2 Å². The fourth-order valence-corrected chi connectivity index (χ4v) is 4.79. The third kappa shape index (κ3) is 5.12. The van der Waals surface area contributed by atoms with Crippen LogP contribution in [0.5, 0.6) is 0 Å². The van der Waals surface area contributed by atoms with Crippen molar-refractivity contribution in [2.24, 2.45) is 17.8 Å². The molecule has 0 N–H and O–H groups in total. The first-order chi connectivity index (χ1) is 9.42. The first-order valence-electron chi connectivity index (χ1n) is 9.42. The fourth-order valence-electron chi connectivity index (χ4n) is 4.79. The van der Waals surface area contributed by atoms with Gasteiger partial charge < -0.3 is 0 Å². The molecule has 2 saturated carbocycles. The lowest BCUT2D eigenvalue weighted by Gasteiger charge is -2.39. The lowest BCUT2D eigenvalue weighted by atomic mass is 9.67. The van der Waals surface area contributed by atoms with Gasteiger partial charge in [0, 0.05) is 0 Å². The molecule has 112 valence electrons. The van der Waals surface area contributed by atoms with Gasteiger partial charge >= 0.3 is 0 Å². The molecule has 0 amide bonds. The van der Waals surface area contributed by atoms with Gasteiger partial charge in [0.1, 0.15) is 0 Å². The van der Waals surface area contributed by atoms with E-state index in [4.69, 9.17) is 0 Å². The summed E-state index contributed by atoms with van der Waals surface area (Å²) in [7, 11) is 0. The highest BCUT2D eigenvalue weighted by molar-refractivity contribution is 4.82. The van der Waals surface area contributed by atoms with Crippen LogP contribution in [0.1, 0.15) is 103 Å². The Balaban J connectivity index is 1.72. The molecule has 2 aliphatic rings. The Hall–Kier alpha value is 0. The van der Waals surface area contributed by atoms with Gasteiger partial charge in [-0.3, -0.25) is 0 Å². The van der Waals surface area contributed by atoms with E-state index < -0.39 is 0 Å². The summed E-state index contributed by atoms with van der Waals surface area (Å²) < 4.78 is 0. The Morgan fingerprint density at radius 2 is 1.37 bits per heavy atom. The molecule has 0 aromatic rings. The predicted octanol–water partition coefficient (Wildman–Crippen LogP) is 6.73. The molecule has 2 atom stereocenters. The number of rotatable bonds is 7. The van der Waals surface area contributed by atoms with Crippen LogP contribution in [-0.4, -0.2) is 0 Å². The molecular formula is C19H36. The molecule has 19 heavy (non-hydrogen) atoms. The van der Waals surface area contributed by atoms with E-state index in [9.17, 15) is 0 Å². The molecule has 0 nitrogen and oxygen atoms in total. The molecular weight excluding hydrogens is 228 g/mol. The molecule has 0 aliphatic heterocycles. The summed E-state index contributed by atoms with van der Waals surface area (Å²) in [6.45, 7) is 2.32. The number of unbranched alkanes of at least 4 members (excludes halogenated alkanes) is 4. The van der Waals surface area contributed by atoms with Crippen LogP contribution in [0.15, 0.2) is 0 Å². The zero-order valence-corrected chi connectivity index (χ0v) is 13.3. The maximum Gasteiger partial charge on any atom is -0.0357 e. The van der Waals surface area contributed by atoms with Crippen molar-refractivity contribution in [1.82, 2.24) is 0 Å². The van der Waals surface area contributed by atoms with Crippen molar-refractivity contribution in [2.45, 2.75) is 103 Å². The zero-order chi connectivity index (χ0) is 13.3. The van der Waals surface area contributed by atoms with Crippen molar-refractivity contribution in [3.63, 3.8) is 0 Å². The maximum atomic E-state index is 2.32. The van der Waals surface area contributed by atoms with Gasteiger partial charge in [0.15, 0.2) is 0 Å². The second-order valence-electron chi connectivity index (χ2n) is 7.31. The van der Waals surface area contributed by atoms with Gasteiger partial charge in [-0.25, -0.2) is 0 Å². The Morgan fingerprint density at radius 3 is 2.16 bits per heavy atom. The summed E-state index contributed by atoms with van der Waals surface area (Å²) in [4.78, 5) is 0. The van der Waals surface area contributed by atoms with Crippen LogP contribution >= 0.6 is 0 Å². The van der Waals surface area contributed by atoms with Crippen LogP contribution in [0, 0.1) is 17.8 Å². The molecule has 2 aliphatic carbocycles. The second-order valence-corrected chi connectivity index (χ2v) is 7.31. The van der Waals surface area contributed by atoms with Crippen LogP contribution in [0.25, 0.3) is 0 Å². The van der Waals surface area contributed by atoms with Crippen LogP contribution < -0.4 is 0 Å². The summed E-state index contributed by atoms with van der Waals surface area (Å²) in [5.41, 5.74) is 0. The van der Waals surface area contributed by atoms with Gasteiger partial charge in [-0.15, -0.1) is 0 Å². The van der Waals surface area contributed by atoms with E-state index in [0.717, 1.165) is 17.8 Å². The molecule has 0 radical (unpaired) electrons. The smallest absolute Gasteiger partial charge is 0.0357 e. The number of hydrogen-bond donors (Lipinski definition) is 0. The second kappa shape index (κ2) is 9.03. The van der Waals surface area contributed by atoms with E-state index in [0.29, 0.717) is 0 Å². The van der Waals surface area contributed by atoms with E-state index in [-0.39, 0.29) is 0 Å². The quantitative estimate of drug-likeness (QED) is 0.447. The van der Waals surface area contributed by atoms with Crippen molar-refractivity contribution >= 4 is 0 Å². The SMILES string of the molecule is CCCCCCCC1CCCCC1C1CCCCC1. The van der Waals surface area contributed by atoms with Crippen molar-refractivity contribution in [2.75, 3.05) is 0 Å². The van der Waals surface area contributed by atoms with Gasteiger partial charge in [0.2, 0.25) is 0 Å². The largest absolute Gasteiger partial charge is 0.0654 e. The highest BCUT2D eigenvalue weighted by Gasteiger charge is 2.31. The normalized spacial score (nSPS) is 29.5. The first-order valence-corrected chi connectivity index (χ1v) is 9.42. The average Bonchev–Trinajstić information content (AvgIpc) is 2.48. The van der Waals surface area contributed by atoms with E-state index in [2.05, 4.69) is 6.92 Å². The van der Waals surface area contributed by atoms with Crippen LogP contribution in [0.2, 0.25) is 0 Å². The molecule has 0 heteroatoms. The van der Waals surface area contributed by atoms with Crippen LogP contribution in [-0.2, 0) is 0 Å². The molecule has 0 aromatic carbocycles. The molecule has 2 fully saturated rings. The third-order valence-corrected chi connectivity index (χ3v) is 5.90. The Morgan fingerprint density at radius 1 is 0.684 bits per heavy atom. The number of hydrogen-bond acceptors (Lipinski definition) is 0. The molecule has 2 rings (SSSR count). The highest BCUT2D eigenvalue weighted by atomic mass is 14.4. The van der Waals surface area contributed by atoms with Crippen LogP contribution in [0.4, 0.5) is 0 Å². The minimum absolute atomic E-state index is 1.11. The molecule has 0 heterocycles. The highest BCUT2D eigenvalue weighted by Crippen LogP contribution is 2.43. The summed E-state index contributed by atoms with van der Waals surface area (Å²) in [5, 5.41) is 0. The molecule has 0 spiro atoms.